The van der Waals surface area contributed by atoms with Gasteiger partial charge in [-0.05, 0) is 32.5 Å². The van der Waals surface area contributed by atoms with E-state index in [4.69, 9.17) is 4.42 Å². The van der Waals surface area contributed by atoms with Crippen LogP contribution in [0.25, 0.3) is 0 Å². The smallest absolute Gasteiger partial charge is 0.289 e. The normalized spacial score (nSPS) is 18.5. The number of aryl methyl sites for hydroxylation is 1. The van der Waals surface area contributed by atoms with E-state index in [2.05, 4.69) is 26.8 Å². The number of anilines is 1. The molecule has 2 aromatic rings. The van der Waals surface area contributed by atoms with Crippen LogP contribution in [0.4, 0.5) is 5.82 Å². The first-order chi connectivity index (χ1) is 12.6. The van der Waals surface area contributed by atoms with Crippen LogP contribution in [0.5, 0.6) is 0 Å². The zero-order valence-corrected chi connectivity index (χ0v) is 15.4. The molecule has 0 saturated carbocycles. The average molecular weight is 355 g/mol. The fourth-order valence-corrected chi connectivity index (χ4v) is 3.71. The van der Waals surface area contributed by atoms with E-state index in [1.807, 2.05) is 17.9 Å². The van der Waals surface area contributed by atoms with E-state index in [9.17, 15) is 4.79 Å². The van der Waals surface area contributed by atoms with Crippen LogP contribution in [-0.2, 0) is 12.8 Å². The Kier molecular flexibility index (Phi) is 4.63. The molecular weight excluding hydrogens is 330 g/mol. The molecule has 4 rings (SSSR count). The number of nitrogens with zero attached hydrogens (tertiary/aromatic N) is 5. The lowest BCUT2D eigenvalue weighted by Crippen LogP contribution is -2.45. The lowest BCUT2D eigenvalue weighted by Gasteiger charge is -2.34. The summed E-state index contributed by atoms with van der Waals surface area (Å²) in [5.74, 6) is 2.18. The predicted molar refractivity (Wildman–Crippen MR) is 98.5 cm³/mol. The number of fused-ring (bicyclic) bond motifs is 1. The molecule has 7 nitrogen and oxygen atoms in total. The molecule has 26 heavy (non-hydrogen) atoms. The minimum absolute atomic E-state index is 0.0417. The number of hydrogen-bond donors (Lipinski definition) is 0. The van der Waals surface area contributed by atoms with Crippen LogP contribution in [-0.4, -0.2) is 72.0 Å². The summed E-state index contributed by atoms with van der Waals surface area (Å²) in [7, 11) is 2.15. The summed E-state index contributed by atoms with van der Waals surface area (Å²) in [6.45, 7) is 7.22. The van der Waals surface area contributed by atoms with E-state index in [1.54, 1.807) is 12.4 Å². The molecule has 0 atom stereocenters. The predicted octanol–water partition coefficient (Wildman–Crippen LogP) is 1.37. The number of piperazine rings is 1. The third kappa shape index (κ3) is 3.31. The Hall–Kier alpha value is -2.41. The maximum atomic E-state index is 12.7. The summed E-state index contributed by atoms with van der Waals surface area (Å²) in [5.41, 5.74) is 2.27. The maximum absolute atomic E-state index is 12.7. The van der Waals surface area contributed by atoms with Gasteiger partial charge in [-0.2, -0.15) is 0 Å². The SMILES string of the molecule is Cc1ccc(C(=O)N2CCc3ncnc(N4CCN(C)CC4)c3CC2)o1. The summed E-state index contributed by atoms with van der Waals surface area (Å²) in [6, 6.07) is 3.59. The van der Waals surface area contributed by atoms with Crippen LogP contribution < -0.4 is 4.90 Å². The molecule has 2 aliphatic rings. The third-order valence-corrected chi connectivity index (χ3v) is 5.30. The number of aromatic nitrogens is 2. The Labute approximate surface area is 153 Å². The molecule has 0 aromatic carbocycles. The topological polar surface area (TPSA) is 65.7 Å². The largest absolute Gasteiger partial charge is 0.456 e. The van der Waals surface area contributed by atoms with Gasteiger partial charge in [0, 0.05) is 51.3 Å². The highest BCUT2D eigenvalue weighted by Crippen LogP contribution is 2.25. The highest BCUT2D eigenvalue weighted by atomic mass is 16.3. The maximum Gasteiger partial charge on any atom is 0.289 e. The molecule has 4 heterocycles. The van der Waals surface area contributed by atoms with Gasteiger partial charge in [-0.1, -0.05) is 0 Å². The van der Waals surface area contributed by atoms with Crippen LogP contribution in [0.3, 0.4) is 0 Å². The van der Waals surface area contributed by atoms with E-state index in [1.165, 1.54) is 5.56 Å². The number of likely N-dealkylation sites (N-methyl/N-ethyl adjacent to an activating group) is 1. The van der Waals surface area contributed by atoms with Crippen molar-refractivity contribution in [2.45, 2.75) is 19.8 Å². The average Bonchev–Trinajstić information content (AvgIpc) is 2.96. The summed E-state index contributed by atoms with van der Waals surface area (Å²) in [4.78, 5) is 28.4. The number of hydrogen-bond acceptors (Lipinski definition) is 6. The molecule has 2 aliphatic heterocycles. The van der Waals surface area contributed by atoms with Crippen LogP contribution >= 0.6 is 0 Å². The number of carbonyl (C=O) groups excluding carboxylic acids is 1. The van der Waals surface area contributed by atoms with Crippen molar-refractivity contribution in [2.75, 3.05) is 51.2 Å². The zero-order valence-electron chi connectivity index (χ0n) is 15.4. The van der Waals surface area contributed by atoms with Crippen molar-refractivity contribution in [3.8, 4) is 0 Å². The number of rotatable bonds is 2. The minimum Gasteiger partial charge on any atom is -0.456 e. The molecule has 0 radical (unpaired) electrons. The summed E-state index contributed by atoms with van der Waals surface area (Å²) in [5, 5.41) is 0. The lowest BCUT2D eigenvalue weighted by molar-refractivity contribution is 0.0729. The van der Waals surface area contributed by atoms with Gasteiger partial charge in [0.1, 0.15) is 17.9 Å². The third-order valence-electron chi connectivity index (χ3n) is 5.30. The first-order valence-electron chi connectivity index (χ1n) is 9.24. The van der Waals surface area contributed by atoms with Gasteiger partial charge in [0.25, 0.3) is 5.91 Å². The zero-order chi connectivity index (χ0) is 18.1. The van der Waals surface area contributed by atoms with Crippen molar-refractivity contribution >= 4 is 11.7 Å². The van der Waals surface area contributed by atoms with Gasteiger partial charge in [0.05, 0.1) is 5.69 Å². The van der Waals surface area contributed by atoms with Gasteiger partial charge in [0.2, 0.25) is 0 Å². The standard InChI is InChI=1S/C19H25N5O2/c1-14-3-4-17(26-14)19(25)24-7-5-15-16(6-8-24)20-13-21-18(15)23-11-9-22(2)10-12-23/h3-4,13H,5-12H2,1-2H3. The Morgan fingerprint density at radius 3 is 2.54 bits per heavy atom. The molecule has 0 bridgehead atoms. The first kappa shape index (κ1) is 17.0. The minimum atomic E-state index is -0.0417. The number of carbonyl (C=O) groups is 1. The molecule has 0 aliphatic carbocycles. The Balaban J connectivity index is 1.53. The van der Waals surface area contributed by atoms with Crippen molar-refractivity contribution < 1.29 is 9.21 Å². The van der Waals surface area contributed by atoms with Crippen LogP contribution in [0, 0.1) is 6.92 Å². The van der Waals surface area contributed by atoms with Gasteiger partial charge >= 0.3 is 0 Å². The number of furan rings is 1. The quantitative estimate of drug-likeness (QED) is 0.811. The molecule has 0 unspecified atom stereocenters. The highest BCUT2D eigenvalue weighted by molar-refractivity contribution is 5.91. The Bertz CT molecular complexity index is 795. The van der Waals surface area contributed by atoms with E-state index in [0.29, 0.717) is 18.8 Å². The molecule has 138 valence electrons. The molecule has 0 N–H and O–H groups in total. The van der Waals surface area contributed by atoms with Crippen LogP contribution in [0.15, 0.2) is 22.9 Å². The summed E-state index contributed by atoms with van der Waals surface area (Å²) < 4.78 is 5.51. The Morgan fingerprint density at radius 1 is 1.04 bits per heavy atom. The monoisotopic (exact) mass is 355 g/mol. The summed E-state index contributed by atoms with van der Waals surface area (Å²) >= 11 is 0. The fourth-order valence-electron chi connectivity index (χ4n) is 3.71. The van der Waals surface area contributed by atoms with Crippen LogP contribution in [0.2, 0.25) is 0 Å². The molecule has 7 heteroatoms. The second-order valence-corrected chi connectivity index (χ2v) is 7.12. The second kappa shape index (κ2) is 7.07. The number of amides is 1. The van der Waals surface area contributed by atoms with Crippen molar-refractivity contribution in [2.24, 2.45) is 0 Å². The van der Waals surface area contributed by atoms with Crippen molar-refractivity contribution in [3.63, 3.8) is 0 Å². The van der Waals surface area contributed by atoms with Gasteiger partial charge < -0.3 is 19.1 Å². The van der Waals surface area contributed by atoms with E-state index >= 15 is 0 Å². The molecule has 1 fully saturated rings. The van der Waals surface area contributed by atoms with Crippen LogP contribution in [0.1, 0.15) is 27.6 Å². The van der Waals surface area contributed by atoms with Crippen molar-refractivity contribution in [1.82, 2.24) is 19.8 Å². The molecular formula is C19H25N5O2. The van der Waals surface area contributed by atoms with Gasteiger partial charge in [-0.3, -0.25) is 4.79 Å². The Morgan fingerprint density at radius 2 is 1.81 bits per heavy atom. The van der Waals surface area contributed by atoms with E-state index in [0.717, 1.165) is 56.3 Å². The molecule has 0 spiro atoms. The van der Waals surface area contributed by atoms with Crippen molar-refractivity contribution in [1.29, 1.82) is 0 Å². The molecule has 1 saturated heterocycles. The van der Waals surface area contributed by atoms with E-state index < -0.39 is 0 Å². The molecule has 1 amide bonds. The fraction of sp³-hybridized carbons (Fsp3) is 0.526. The summed E-state index contributed by atoms with van der Waals surface area (Å²) in [6.07, 6.45) is 3.20. The van der Waals surface area contributed by atoms with Gasteiger partial charge in [0.15, 0.2) is 5.76 Å². The molecule has 2 aromatic heterocycles. The van der Waals surface area contributed by atoms with E-state index in [-0.39, 0.29) is 5.91 Å². The van der Waals surface area contributed by atoms with Crippen molar-refractivity contribution in [3.05, 3.63) is 41.2 Å². The van der Waals surface area contributed by atoms with Gasteiger partial charge in [-0.15, -0.1) is 0 Å². The second-order valence-electron chi connectivity index (χ2n) is 7.12. The highest BCUT2D eigenvalue weighted by Gasteiger charge is 2.26. The van der Waals surface area contributed by atoms with Gasteiger partial charge in [-0.25, -0.2) is 9.97 Å². The lowest BCUT2D eigenvalue weighted by atomic mass is 10.1. The first-order valence-corrected chi connectivity index (χ1v) is 9.24.